The molecule has 2 aromatic heterocycles. The van der Waals surface area contributed by atoms with Crippen LogP contribution in [0.5, 0.6) is 0 Å². The van der Waals surface area contributed by atoms with Gasteiger partial charge in [0.05, 0.1) is 11.4 Å². The quantitative estimate of drug-likeness (QED) is 0.820. The number of rotatable bonds is 2. The Hall–Kier alpha value is -1.14. The van der Waals surface area contributed by atoms with Gasteiger partial charge in [0.1, 0.15) is 10.3 Å². The fourth-order valence-electron chi connectivity index (χ4n) is 1.60. The maximum absolute atomic E-state index is 12.1. The lowest BCUT2D eigenvalue weighted by atomic mass is 10.3. The number of hydrogen-bond donors (Lipinski definition) is 1. The number of aromatic nitrogens is 2. The summed E-state index contributed by atoms with van der Waals surface area (Å²) in [5.74, 6) is -0.157. The molecule has 0 spiro atoms. The Bertz CT molecular complexity index is 607. The second kappa shape index (κ2) is 5.24. The molecule has 0 aliphatic carbocycles. The highest BCUT2D eigenvalue weighted by Crippen LogP contribution is 2.19. The third-order valence-corrected chi connectivity index (χ3v) is 3.38. The number of aryl methyl sites for hydroxylation is 2. The molecule has 0 radical (unpaired) electrons. The number of pyridine rings is 1. The Kier molecular flexibility index (Phi) is 3.87. The van der Waals surface area contributed by atoms with Crippen molar-refractivity contribution in [3.63, 3.8) is 0 Å². The summed E-state index contributed by atoms with van der Waals surface area (Å²) in [5.41, 5.74) is 2.07. The summed E-state index contributed by atoms with van der Waals surface area (Å²) < 4.78 is 3.39. The van der Waals surface area contributed by atoms with Gasteiger partial charge in [-0.25, -0.2) is 4.98 Å². The van der Waals surface area contributed by atoms with Gasteiger partial charge in [0.25, 0.3) is 5.91 Å². The summed E-state index contributed by atoms with van der Waals surface area (Å²) in [6.45, 7) is 1.85. The first-order valence-corrected chi connectivity index (χ1v) is 6.82. The minimum Gasteiger partial charge on any atom is -0.345 e. The zero-order valence-corrected chi connectivity index (χ0v) is 13.0. The van der Waals surface area contributed by atoms with Gasteiger partial charge in [0.2, 0.25) is 0 Å². The minimum absolute atomic E-state index is 0.157. The third-order valence-electron chi connectivity index (χ3n) is 2.50. The molecule has 0 saturated carbocycles. The summed E-state index contributed by atoms with van der Waals surface area (Å²) in [7, 11) is 1.83. The van der Waals surface area contributed by atoms with E-state index >= 15 is 0 Å². The third kappa shape index (κ3) is 2.81. The number of carbonyl (C=O) groups excluding carboxylic acids is 1. The smallest absolute Gasteiger partial charge is 0.272 e. The highest BCUT2D eigenvalue weighted by atomic mass is 79.9. The average molecular weight is 373 g/mol. The van der Waals surface area contributed by atoms with Crippen LogP contribution in [0.4, 0.5) is 5.69 Å². The van der Waals surface area contributed by atoms with Gasteiger partial charge < -0.3 is 9.88 Å². The molecule has 94 valence electrons. The monoisotopic (exact) mass is 371 g/mol. The molecule has 2 heterocycles. The van der Waals surface area contributed by atoms with Gasteiger partial charge >= 0.3 is 0 Å². The normalized spacial score (nSPS) is 10.4. The summed E-state index contributed by atoms with van der Waals surface area (Å²) >= 11 is 6.63. The van der Waals surface area contributed by atoms with Crippen molar-refractivity contribution in [2.45, 2.75) is 6.92 Å². The maximum atomic E-state index is 12.1. The standard InChI is InChI=1S/C12H11Br2N3O/c1-7-9(3-4-11(14)15-7)16-12(18)10-5-8(13)6-17(10)2/h3-6H,1-2H3,(H,16,18). The molecule has 1 amide bonds. The number of nitrogens with zero attached hydrogens (tertiary/aromatic N) is 2. The van der Waals surface area contributed by atoms with Gasteiger partial charge in [-0.1, -0.05) is 0 Å². The average Bonchev–Trinajstić information content (AvgIpc) is 2.62. The van der Waals surface area contributed by atoms with E-state index in [0.717, 1.165) is 14.8 Å². The van der Waals surface area contributed by atoms with E-state index in [1.807, 2.05) is 26.2 Å². The van der Waals surface area contributed by atoms with Gasteiger partial charge in [-0.3, -0.25) is 4.79 Å². The van der Waals surface area contributed by atoms with Crippen LogP contribution in [0.2, 0.25) is 0 Å². The lowest BCUT2D eigenvalue weighted by Crippen LogP contribution is -2.16. The lowest BCUT2D eigenvalue weighted by molar-refractivity contribution is 0.101. The van der Waals surface area contributed by atoms with Crippen molar-refractivity contribution < 1.29 is 4.79 Å². The van der Waals surface area contributed by atoms with Crippen LogP contribution in [0.3, 0.4) is 0 Å². The highest BCUT2D eigenvalue weighted by Gasteiger charge is 2.12. The van der Waals surface area contributed by atoms with Crippen molar-refractivity contribution in [2.75, 3.05) is 5.32 Å². The topological polar surface area (TPSA) is 46.9 Å². The molecule has 0 aliphatic heterocycles. The van der Waals surface area contributed by atoms with Gasteiger partial charge in [-0.2, -0.15) is 0 Å². The number of halogens is 2. The van der Waals surface area contributed by atoms with Gasteiger partial charge in [-0.05, 0) is 57.0 Å². The van der Waals surface area contributed by atoms with Crippen LogP contribution >= 0.6 is 31.9 Å². The van der Waals surface area contributed by atoms with Crippen molar-refractivity contribution in [3.05, 3.63) is 44.9 Å². The first-order valence-electron chi connectivity index (χ1n) is 5.24. The predicted molar refractivity (Wildman–Crippen MR) is 77.7 cm³/mol. The first kappa shape index (κ1) is 13.3. The fourth-order valence-corrected chi connectivity index (χ4v) is 2.52. The van der Waals surface area contributed by atoms with E-state index in [-0.39, 0.29) is 5.91 Å². The van der Waals surface area contributed by atoms with Crippen LogP contribution in [0.25, 0.3) is 0 Å². The van der Waals surface area contributed by atoms with E-state index in [9.17, 15) is 4.79 Å². The summed E-state index contributed by atoms with van der Waals surface area (Å²) in [5, 5.41) is 2.84. The van der Waals surface area contributed by atoms with E-state index < -0.39 is 0 Å². The van der Waals surface area contributed by atoms with Crippen molar-refractivity contribution >= 4 is 43.5 Å². The Morgan fingerprint density at radius 1 is 1.39 bits per heavy atom. The van der Waals surface area contributed by atoms with Crippen molar-refractivity contribution in [3.8, 4) is 0 Å². The molecule has 0 unspecified atom stereocenters. The van der Waals surface area contributed by atoms with Crippen LogP contribution in [0.1, 0.15) is 16.2 Å². The number of nitrogens with one attached hydrogen (secondary N) is 1. The van der Waals surface area contributed by atoms with E-state index in [1.54, 1.807) is 16.7 Å². The second-order valence-corrected chi connectivity index (χ2v) is 5.60. The Balaban J connectivity index is 2.24. The molecule has 6 heteroatoms. The lowest BCUT2D eigenvalue weighted by Gasteiger charge is -2.08. The van der Waals surface area contributed by atoms with Crippen molar-refractivity contribution in [1.82, 2.24) is 9.55 Å². The number of amides is 1. The molecule has 0 bridgehead atoms. The van der Waals surface area contributed by atoms with Crippen molar-refractivity contribution in [1.29, 1.82) is 0 Å². The largest absolute Gasteiger partial charge is 0.345 e. The molecule has 2 rings (SSSR count). The van der Waals surface area contributed by atoms with Gasteiger partial charge in [-0.15, -0.1) is 0 Å². The molecule has 4 nitrogen and oxygen atoms in total. The molecule has 1 N–H and O–H groups in total. The SMILES string of the molecule is Cc1nc(Br)ccc1NC(=O)c1cc(Br)cn1C. The Morgan fingerprint density at radius 3 is 2.67 bits per heavy atom. The zero-order valence-electron chi connectivity index (χ0n) is 9.87. The van der Waals surface area contributed by atoms with E-state index in [2.05, 4.69) is 42.2 Å². The molecule has 0 aromatic carbocycles. The van der Waals surface area contributed by atoms with Crippen LogP contribution in [0.15, 0.2) is 33.5 Å². The molecule has 0 atom stereocenters. The van der Waals surface area contributed by atoms with Crippen LogP contribution < -0.4 is 5.32 Å². The summed E-state index contributed by atoms with van der Waals surface area (Å²) in [4.78, 5) is 16.3. The molecule has 0 saturated heterocycles. The molecule has 2 aromatic rings. The minimum atomic E-state index is -0.157. The Labute approximate surface area is 122 Å². The maximum Gasteiger partial charge on any atom is 0.272 e. The summed E-state index contributed by atoms with van der Waals surface area (Å²) in [6.07, 6.45) is 1.83. The van der Waals surface area contributed by atoms with Crippen LogP contribution in [0, 0.1) is 6.92 Å². The number of carbonyl (C=O) groups is 1. The first-order chi connectivity index (χ1) is 8.47. The molecular weight excluding hydrogens is 362 g/mol. The molecule has 0 fully saturated rings. The number of anilines is 1. The van der Waals surface area contributed by atoms with Crippen LogP contribution in [-0.4, -0.2) is 15.5 Å². The van der Waals surface area contributed by atoms with Gasteiger partial charge in [0.15, 0.2) is 0 Å². The van der Waals surface area contributed by atoms with E-state index in [0.29, 0.717) is 11.4 Å². The molecule has 18 heavy (non-hydrogen) atoms. The molecular formula is C12H11Br2N3O. The predicted octanol–water partition coefficient (Wildman–Crippen LogP) is 3.51. The van der Waals surface area contributed by atoms with Crippen LogP contribution in [-0.2, 0) is 7.05 Å². The fraction of sp³-hybridized carbons (Fsp3) is 0.167. The van der Waals surface area contributed by atoms with E-state index in [4.69, 9.17) is 0 Å². The zero-order chi connectivity index (χ0) is 13.3. The Morgan fingerprint density at radius 2 is 2.11 bits per heavy atom. The number of hydrogen-bond acceptors (Lipinski definition) is 2. The highest BCUT2D eigenvalue weighted by molar-refractivity contribution is 9.10. The second-order valence-electron chi connectivity index (χ2n) is 3.88. The summed E-state index contributed by atoms with van der Waals surface area (Å²) in [6, 6.07) is 5.39. The van der Waals surface area contributed by atoms with Crippen molar-refractivity contribution in [2.24, 2.45) is 7.05 Å². The molecule has 0 aliphatic rings. The van der Waals surface area contributed by atoms with Gasteiger partial charge in [0, 0.05) is 17.7 Å². The van der Waals surface area contributed by atoms with E-state index in [1.165, 1.54) is 0 Å².